The van der Waals surface area contributed by atoms with Gasteiger partial charge in [0, 0.05) is 34.1 Å². The molecule has 1 atom stereocenters. The first-order valence-corrected chi connectivity index (χ1v) is 18.1. The lowest BCUT2D eigenvalue weighted by Crippen LogP contribution is -2.55. The zero-order valence-corrected chi connectivity index (χ0v) is 28.8. The van der Waals surface area contributed by atoms with Crippen LogP contribution in [0.4, 0.5) is 5.69 Å². The third-order valence-electron chi connectivity index (χ3n) is 8.30. The molecule has 1 aliphatic rings. The van der Waals surface area contributed by atoms with Crippen molar-refractivity contribution in [2.45, 2.75) is 62.0 Å². The molecule has 2 amide bonds. The van der Waals surface area contributed by atoms with E-state index in [2.05, 4.69) is 5.32 Å². The summed E-state index contributed by atoms with van der Waals surface area (Å²) in [4.78, 5) is 30.2. The molecule has 1 fully saturated rings. The molecule has 246 valence electrons. The Morgan fingerprint density at radius 3 is 2.04 bits per heavy atom. The number of amides is 2. The highest BCUT2D eigenvalue weighted by Crippen LogP contribution is 2.28. The van der Waals surface area contributed by atoms with Crippen molar-refractivity contribution in [3.8, 4) is 0 Å². The molecule has 11 heteroatoms. The van der Waals surface area contributed by atoms with Gasteiger partial charge < -0.3 is 10.2 Å². The van der Waals surface area contributed by atoms with Crippen LogP contribution in [-0.2, 0) is 32.6 Å². The van der Waals surface area contributed by atoms with Gasteiger partial charge in [0.1, 0.15) is 12.6 Å². The van der Waals surface area contributed by atoms with Gasteiger partial charge in [0.25, 0.3) is 10.0 Å². The molecule has 1 N–H and O–H groups in total. The second kappa shape index (κ2) is 16.0. The molecule has 0 aliphatic heterocycles. The van der Waals surface area contributed by atoms with Crippen molar-refractivity contribution in [1.82, 2.24) is 10.2 Å². The van der Waals surface area contributed by atoms with Gasteiger partial charge >= 0.3 is 0 Å². The molecule has 5 rings (SSSR count). The van der Waals surface area contributed by atoms with Gasteiger partial charge in [-0.1, -0.05) is 109 Å². The Balaban J connectivity index is 1.56. The number of hydrogen-bond acceptors (Lipinski definition) is 4. The highest BCUT2D eigenvalue weighted by Gasteiger charge is 2.35. The van der Waals surface area contributed by atoms with Gasteiger partial charge in [-0.3, -0.25) is 13.9 Å². The van der Waals surface area contributed by atoms with Gasteiger partial charge in [-0.05, 0) is 72.5 Å². The van der Waals surface area contributed by atoms with Crippen LogP contribution >= 0.6 is 34.8 Å². The van der Waals surface area contributed by atoms with Gasteiger partial charge in [0.05, 0.1) is 10.6 Å². The number of anilines is 1. The van der Waals surface area contributed by atoms with Crippen LogP contribution in [0.3, 0.4) is 0 Å². The number of para-hydroxylation sites is 1. The lowest BCUT2D eigenvalue weighted by Gasteiger charge is -2.35. The summed E-state index contributed by atoms with van der Waals surface area (Å²) < 4.78 is 29.3. The van der Waals surface area contributed by atoms with E-state index < -0.39 is 28.5 Å². The summed E-state index contributed by atoms with van der Waals surface area (Å²) in [5.41, 5.74) is 1.72. The average Bonchev–Trinajstić information content (AvgIpc) is 3.07. The van der Waals surface area contributed by atoms with Gasteiger partial charge in [0.15, 0.2) is 0 Å². The van der Waals surface area contributed by atoms with Gasteiger partial charge in [-0.25, -0.2) is 8.42 Å². The molecule has 0 unspecified atom stereocenters. The number of sulfonamides is 1. The third-order valence-corrected chi connectivity index (χ3v) is 10.9. The number of nitrogens with zero attached hydrogens (tertiary/aromatic N) is 2. The van der Waals surface area contributed by atoms with Crippen LogP contribution in [0.15, 0.2) is 108 Å². The van der Waals surface area contributed by atoms with Crippen molar-refractivity contribution < 1.29 is 18.0 Å². The van der Waals surface area contributed by atoms with Gasteiger partial charge in [-0.2, -0.15) is 0 Å². The first-order chi connectivity index (χ1) is 22.6. The minimum atomic E-state index is -4.23. The molecule has 0 aromatic heterocycles. The summed E-state index contributed by atoms with van der Waals surface area (Å²) >= 11 is 18.9. The average molecular weight is 713 g/mol. The Morgan fingerprint density at radius 1 is 0.787 bits per heavy atom. The highest BCUT2D eigenvalue weighted by molar-refractivity contribution is 7.92. The predicted molar refractivity (Wildman–Crippen MR) is 188 cm³/mol. The molecular formula is C36H36Cl3N3O4S. The topological polar surface area (TPSA) is 86.8 Å². The van der Waals surface area contributed by atoms with Crippen molar-refractivity contribution in [2.24, 2.45) is 0 Å². The van der Waals surface area contributed by atoms with E-state index in [1.54, 1.807) is 48.5 Å². The van der Waals surface area contributed by atoms with Gasteiger partial charge in [0.2, 0.25) is 11.8 Å². The number of carbonyl (C=O) groups is 2. The maximum atomic E-state index is 14.6. The largest absolute Gasteiger partial charge is 0.352 e. The van der Waals surface area contributed by atoms with E-state index in [0.29, 0.717) is 26.3 Å². The third kappa shape index (κ3) is 9.08. The summed E-state index contributed by atoms with van der Waals surface area (Å²) in [6.45, 7) is -0.615. The standard InChI is InChI=1S/C36H36Cl3N3O4S/c37-28-18-20-32(21-19-28)47(45,46)42(31-14-8-3-9-15-31)25-35(43)41(24-27-16-17-29(38)23-33(27)39)34(22-26-10-4-1-5-11-26)36(44)40-30-12-6-2-7-13-30/h1,3-5,8-11,14-21,23,30,34H,2,6-7,12-13,22,24-25H2,(H,40,44)/t34-/m0/s1. The van der Waals surface area contributed by atoms with Crippen LogP contribution in [0, 0.1) is 0 Å². The molecule has 7 nitrogen and oxygen atoms in total. The van der Waals surface area contributed by atoms with E-state index in [0.717, 1.165) is 42.0 Å². The van der Waals surface area contributed by atoms with Crippen molar-refractivity contribution in [3.63, 3.8) is 0 Å². The number of hydrogen-bond donors (Lipinski definition) is 1. The molecule has 0 radical (unpaired) electrons. The number of rotatable bonds is 12. The summed E-state index contributed by atoms with van der Waals surface area (Å²) in [6.07, 6.45) is 5.10. The Morgan fingerprint density at radius 2 is 1.40 bits per heavy atom. The zero-order chi connectivity index (χ0) is 33.4. The van der Waals surface area contributed by atoms with Crippen LogP contribution in [0.1, 0.15) is 43.2 Å². The number of halogens is 3. The summed E-state index contributed by atoms with van der Waals surface area (Å²) in [5.74, 6) is -0.872. The molecular weight excluding hydrogens is 677 g/mol. The second-order valence-electron chi connectivity index (χ2n) is 11.6. The summed E-state index contributed by atoms with van der Waals surface area (Å²) in [7, 11) is -4.23. The molecule has 0 heterocycles. The van der Waals surface area contributed by atoms with Crippen molar-refractivity contribution in [2.75, 3.05) is 10.8 Å². The lowest BCUT2D eigenvalue weighted by atomic mass is 9.94. The molecule has 1 saturated carbocycles. The predicted octanol–water partition coefficient (Wildman–Crippen LogP) is 7.93. The van der Waals surface area contributed by atoms with Crippen LogP contribution in [0.25, 0.3) is 0 Å². The van der Waals surface area contributed by atoms with Crippen LogP contribution < -0.4 is 9.62 Å². The van der Waals surface area contributed by atoms with E-state index in [1.807, 2.05) is 30.3 Å². The lowest BCUT2D eigenvalue weighted by molar-refractivity contribution is -0.140. The van der Waals surface area contributed by atoms with E-state index in [1.165, 1.54) is 29.2 Å². The SMILES string of the molecule is O=C(NC1CCCCC1)[C@H](Cc1ccccc1)N(Cc1ccc(Cl)cc1Cl)C(=O)CN(c1ccccc1)S(=O)(=O)c1ccc(Cl)cc1. The van der Waals surface area contributed by atoms with E-state index in [-0.39, 0.29) is 29.8 Å². The van der Waals surface area contributed by atoms with E-state index in [9.17, 15) is 18.0 Å². The van der Waals surface area contributed by atoms with Crippen LogP contribution in [0.5, 0.6) is 0 Å². The fraction of sp³-hybridized carbons (Fsp3) is 0.278. The molecule has 1 aliphatic carbocycles. The first-order valence-electron chi connectivity index (χ1n) is 15.5. The first kappa shape index (κ1) is 34.8. The Bertz CT molecular complexity index is 1770. The van der Waals surface area contributed by atoms with Crippen molar-refractivity contribution in [3.05, 3.63) is 129 Å². The highest BCUT2D eigenvalue weighted by atomic mass is 35.5. The molecule has 4 aromatic rings. The smallest absolute Gasteiger partial charge is 0.264 e. The number of benzene rings is 4. The number of carbonyl (C=O) groups excluding carboxylic acids is 2. The fourth-order valence-electron chi connectivity index (χ4n) is 5.79. The molecule has 0 bridgehead atoms. The van der Waals surface area contributed by atoms with Crippen LogP contribution in [0.2, 0.25) is 15.1 Å². The molecule has 4 aromatic carbocycles. The monoisotopic (exact) mass is 711 g/mol. The Labute approximate surface area is 291 Å². The Hall–Kier alpha value is -3.56. The molecule has 0 spiro atoms. The fourth-order valence-corrected chi connectivity index (χ4v) is 7.80. The maximum Gasteiger partial charge on any atom is 0.264 e. The zero-order valence-electron chi connectivity index (χ0n) is 25.7. The van der Waals surface area contributed by atoms with Gasteiger partial charge in [-0.15, -0.1) is 0 Å². The van der Waals surface area contributed by atoms with Crippen LogP contribution in [-0.4, -0.2) is 43.8 Å². The summed E-state index contributed by atoms with van der Waals surface area (Å²) in [5, 5.41) is 4.34. The maximum absolute atomic E-state index is 14.6. The minimum Gasteiger partial charge on any atom is -0.352 e. The summed E-state index contributed by atoms with van der Waals surface area (Å²) in [6, 6.07) is 27.6. The normalized spacial score (nSPS) is 14.3. The van der Waals surface area contributed by atoms with Crippen molar-refractivity contribution >= 4 is 62.3 Å². The molecule has 0 saturated heterocycles. The molecule has 47 heavy (non-hydrogen) atoms. The second-order valence-corrected chi connectivity index (χ2v) is 14.7. The quantitative estimate of drug-likeness (QED) is 0.162. The Kier molecular flexibility index (Phi) is 11.9. The number of nitrogens with one attached hydrogen (secondary N) is 1. The van der Waals surface area contributed by atoms with E-state index >= 15 is 0 Å². The van der Waals surface area contributed by atoms with E-state index in [4.69, 9.17) is 34.8 Å². The minimum absolute atomic E-state index is 0.00306. The van der Waals surface area contributed by atoms with Crippen molar-refractivity contribution in [1.29, 1.82) is 0 Å².